The van der Waals surface area contributed by atoms with Crippen molar-refractivity contribution in [2.45, 2.75) is 341 Å². The van der Waals surface area contributed by atoms with Gasteiger partial charge in [-0.05, 0) is 70.6 Å². The van der Waals surface area contributed by atoms with E-state index in [1.165, 1.54) is 193 Å². The molecule has 0 bridgehead atoms. The van der Waals surface area contributed by atoms with Crippen LogP contribution in [0.15, 0.2) is 72.9 Å². The lowest BCUT2D eigenvalue weighted by atomic mass is 10.0. The molecule has 6 nitrogen and oxygen atoms in total. The summed E-state index contributed by atoms with van der Waals surface area (Å²) in [5.41, 5.74) is 0. The second-order valence-electron chi connectivity index (χ2n) is 22.0. The van der Waals surface area contributed by atoms with E-state index in [-0.39, 0.29) is 31.1 Å². The first kappa shape index (κ1) is 72.8. The molecule has 0 aromatic carbocycles. The average Bonchev–Trinajstić information content (AvgIpc) is 3.42. The minimum atomic E-state index is -0.779. The lowest BCUT2D eigenvalue weighted by molar-refractivity contribution is -0.167. The number of hydrogen-bond acceptors (Lipinski definition) is 6. The Balaban J connectivity index is 4.21. The molecule has 0 spiro atoms. The highest BCUT2D eigenvalue weighted by atomic mass is 16.6. The highest BCUT2D eigenvalue weighted by Crippen LogP contribution is 2.18. The van der Waals surface area contributed by atoms with E-state index in [0.717, 1.165) is 103 Å². The summed E-state index contributed by atoms with van der Waals surface area (Å²) < 4.78 is 16.9. The Bertz CT molecular complexity index is 1400. The van der Waals surface area contributed by atoms with E-state index in [1.54, 1.807) is 0 Å². The molecule has 0 heterocycles. The van der Waals surface area contributed by atoms with E-state index >= 15 is 0 Å². The van der Waals surface area contributed by atoms with Crippen LogP contribution in [-0.2, 0) is 28.6 Å². The summed E-state index contributed by atoms with van der Waals surface area (Å²) in [6.45, 7) is 6.54. The number of ether oxygens (including phenoxy) is 3. The zero-order valence-electron chi connectivity index (χ0n) is 50.5. The van der Waals surface area contributed by atoms with E-state index in [0.29, 0.717) is 19.3 Å². The predicted octanol–water partition coefficient (Wildman–Crippen LogP) is 22.5. The van der Waals surface area contributed by atoms with Gasteiger partial charge in [-0.15, -0.1) is 0 Å². The topological polar surface area (TPSA) is 78.9 Å². The molecular weight excluding hydrogens is 937 g/mol. The molecule has 1 atom stereocenters. The van der Waals surface area contributed by atoms with Crippen LogP contribution in [0.2, 0.25) is 0 Å². The molecule has 0 saturated heterocycles. The SMILES string of the molecule is CC/C=C\C/C=C\C/C=C\C/C=C\C/C=C\C/C=C\CCCCCCCCC(=O)OCC(COC(=O)CCCCCCCCCCC)OC(=O)CCCCCCCCCCCCCCCCCCCCCCCCCC. The van der Waals surface area contributed by atoms with E-state index in [9.17, 15) is 14.4 Å². The number of allylic oxidation sites excluding steroid dienone is 12. The Morgan fingerprint density at radius 2 is 0.513 bits per heavy atom. The fraction of sp³-hybridized carbons (Fsp3) is 0.786. The molecular formula is C70H124O6. The summed E-state index contributed by atoms with van der Waals surface area (Å²) in [4.78, 5) is 38.2. The molecule has 0 radical (unpaired) electrons. The number of rotatable bonds is 60. The molecule has 0 aromatic rings. The van der Waals surface area contributed by atoms with Crippen LogP contribution in [0.1, 0.15) is 335 Å². The zero-order chi connectivity index (χ0) is 55.0. The Morgan fingerprint density at radius 3 is 0.803 bits per heavy atom. The average molecular weight is 1060 g/mol. The van der Waals surface area contributed by atoms with E-state index < -0.39 is 6.10 Å². The third-order valence-corrected chi connectivity index (χ3v) is 14.5. The molecule has 0 aliphatic carbocycles. The molecule has 0 rings (SSSR count). The summed E-state index contributed by atoms with van der Waals surface area (Å²) in [5, 5.41) is 0. The Labute approximate surface area is 472 Å². The number of carbonyl (C=O) groups excluding carboxylic acids is 3. The van der Waals surface area contributed by atoms with Crippen molar-refractivity contribution in [3.05, 3.63) is 72.9 Å². The van der Waals surface area contributed by atoms with Crippen molar-refractivity contribution in [3.8, 4) is 0 Å². The van der Waals surface area contributed by atoms with Gasteiger partial charge in [0.15, 0.2) is 6.10 Å². The zero-order valence-corrected chi connectivity index (χ0v) is 50.5. The Morgan fingerprint density at radius 1 is 0.276 bits per heavy atom. The first-order valence-electron chi connectivity index (χ1n) is 32.9. The second-order valence-corrected chi connectivity index (χ2v) is 22.0. The fourth-order valence-electron chi connectivity index (χ4n) is 9.57. The lowest BCUT2D eigenvalue weighted by Crippen LogP contribution is -2.30. The maximum atomic E-state index is 12.9. The van der Waals surface area contributed by atoms with Crippen LogP contribution in [0, 0.1) is 0 Å². The van der Waals surface area contributed by atoms with Gasteiger partial charge >= 0.3 is 17.9 Å². The smallest absolute Gasteiger partial charge is 0.306 e. The van der Waals surface area contributed by atoms with Crippen LogP contribution in [-0.4, -0.2) is 37.2 Å². The van der Waals surface area contributed by atoms with Crippen molar-refractivity contribution in [2.75, 3.05) is 13.2 Å². The van der Waals surface area contributed by atoms with Gasteiger partial charge in [0, 0.05) is 19.3 Å². The molecule has 0 saturated carbocycles. The molecule has 6 heteroatoms. The van der Waals surface area contributed by atoms with E-state index in [1.807, 2.05) is 0 Å². The van der Waals surface area contributed by atoms with Crippen molar-refractivity contribution in [1.82, 2.24) is 0 Å². The van der Waals surface area contributed by atoms with Crippen LogP contribution >= 0.6 is 0 Å². The highest BCUT2D eigenvalue weighted by Gasteiger charge is 2.19. The lowest BCUT2D eigenvalue weighted by Gasteiger charge is -2.18. The van der Waals surface area contributed by atoms with Crippen molar-refractivity contribution in [1.29, 1.82) is 0 Å². The summed E-state index contributed by atoms with van der Waals surface area (Å²) in [7, 11) is 0. The van der Waals surface area contributed by atoms with Gasteiger partial charge in [-0.2, -0.15) is 0 Å². The second kappa shape index (κ2) is 64.4. The van der Waals surface area contributed by atoms with E-state index in [4.69, 9.17) is 14.2 Å². The number of hydrogen-bond donors (Lipinski definition) is 0. The molecule has 0 N–H and O–H groups in total. The van der Waals surface area contributed by atoms with Gasteiger partial charge in [-0.25, -0.2) is 0 Å². The van der Waals surface area contributed by atoms with Gasteiger partial charge in [0.05, 0.1) is 0 Å². The van der Waals surface area contributed by atoms with Crippen LogP contribution in [0.3, 0.4) is 0 Å². The summed E-state index contributed by atoms with van der Waals surface area (Å²) in [5.74, 6) is -0.877. The summed E-state index contributed by atoms with van der Waals surface area (Å²) in [6.07, 6.45) is 83.6. The maximum Gasteiger partial charge on any atom is 0.306 e. The maximum absolute atomic E-state index is 12.9. The minimum Gasteiger partial charge on any atom is -0.462 e. The van der Waals surface area contributed by atoms with Gasteiger partial charge in [0.1, 0.15) is 13.2 Å². The number of carbonyl (C=O) groups is 3. The van der Waals surface area contributed by atoms with Crippen molar-refractivity contribution >= 4 is 17.9 Å². The largest absolute Gasteiger partial charge is 0.462 e. The van der Waals surface area contributed by atoms with Crippen LogP contribution in [0.4, 0.5) is 0 Å². The minimum absolute atomic E-state index is 0.0761. The first-order valence-corrected chi connectivity index (χ1v) is 32.9. The monoisotopic (exact) mass is 1060 g/mol. The third-order valence-electron chi connectivity index (χ3n) is 14.5. The van der Waals surface area contributed by atoms with Gasteiger partial charge in [0.25, 0.3) is 0 Å². The van der Waals surface area contributed by atoms with E-state index in [2.05, 4.69) is 93.7 Å². The van der Waals surface area contributed by atoms with Gasteiger partial charge in [-0.3, -0.25) is 14.4 Å². The normalized spacial score (nSPS) is 12.5. The quantitative estimate of drug-likeness (QED) is 0.0261. The van der Waals surface area contributed by atoms with Gasteiger partial charge in [0.2, 0.25) is 0 Å². The molecule has 0 aliphatic rings. The molecule has 0 aromatic heterocycles. The summed E-state index contributed by atoms with van der Waals surface area (Å²) in [6, 6.07) is 0. The van der Waals surface area contributed by atoms with Crippen LogP contribution in [0.25, 0.3) is 0 Å². The molecule has 1 unspecified atom stereocenters. The van der Waals surface area contributed by atoms with Crippen LogP contribution in [0.5, 0.6) is 0 Å². The van der Waals surface area contributed by atoms with Crippen LogP contribution < -0.4 is 0 Å². The molecule has 440 valence electrons. The third kappa shape index (κ3) is 61.7. The molecule has 0 aliphatic heterocycles. The number of esters is 3. The molecule has 0 amide bonds. The number of unbranched alkanes of at least 4 members (excludes halogenated alkanes) is 37. The Kier molecular flexibility index (Phi) is 61.7. The highest BCUT2D eigenvalue weighted by molar-refractivity contribution is 5.71. The standard InChI is InChI=1S/C70H124O6/c1-4-7-10-13-16-19-21-23-25-27-29-31-33-35-37-38-40-42-44-46-48-51-54-57-60-63-69(72)75-66-67(65-74-68(71)62-59-56-53-50-18-15-12-9-6-3)76-70(73)64-61-58-55-52-49-47-45-43-41-39-36-34-32-30-28-26-24-22-20-17-14-11-8-5-2/h7,10,16,19,23,25,29,31,35,37,40,42,67H,4-6,8-9,11-15,17-18,20-22,24,26-28,30,32-34,36,38-39,41,43-66H2,1-3H3/b10-7-,19-16-,25-23-,31-29-,37-35-,42-40-. The van der Waals surface area contributed by atoms with Crippen molar-refractivity contribution in [2.24, 2.45) is 0 Å². The van der Waals surface area contributed by atoms with Gasteiger partial charge < -0.3 is 14.2 Å². The fourth-order valence-corrected chi connectivity index (χ4v) is 9.57. The Hall–Kier alpha value is -3.15. The van der Waals surface area contributed by atoms with Crippen molar-refractivity contribution < 1.29 is 28.6 Å². The van der Waals surface area contributed by atoms with Crippen molar-refractivity contribution in [3.63, 3.8) is 0 Å². The first-order chi connectivity index (χ1) is 37.5. The van der Waals surface area contributed by atoms with Gasteiger partial charge in [-0.1, -0.05) is 318 Å². The molecule has 0 fully saturated rings. The molecule has 76 heavy (non-hydrogen) atoms. The summed E-state index contributed by atoms with van der Waals surface area (Å²) >= 11 is 0. The predicted molar refractivity (Wildman–Crippen MR) is 330 cm³/mol.